The van der Waals surface area contributed by atoms with Gasteiger partial charge in [0.15, 0.2) is 9.84 Å². The van der Waals surface area contributed by atoms with Crippen molar-refractivity contribution in [3.05, 3.63) is 59.9 Å². The minimum atomic E-state index is -3.48. The first kappa shape index (κ1) is 36.7. The summed E-state index contributed by atoms with van der Waals surface area (Å²) in [6, 6.07) is 14.5. The molecule has 1 aliphatic carbocycles. The Bertz CT molecular complexity index is 1740. The Morgan fingerprint density at radius 2 is 1.58 bits per heavy atom. The molecule has 1 unspecified atom stereocenters. The number of halogens is 1. The van der Waals surface area contributed by atoms with Crippen molar-refractivity contribution in [2.45, 2.75) is 66.7 Å². The van der Waals surface area contributed by atoms with Crippen molar-refractivity contribution in [3.63, 3.8) is 0 Å². The maximum absolute atomic E-state index is 14.9. The molecule has 0 spiro atoms. The highest BCUT2D eigenvalue weighted by Gasteiger charge is 2.56. The summed E-state index contributed by atoms with van der Waals surface area (Å²) in [4.78, 5) is 36.5. The highest BCUT2D eigenvalue weighted by atomic mass is 32.2. The zero-order valence-electron chi connectivity index (χ0n) is 31.0. The smallest absolute Gasteiger partial charge is 0.407 e. The summed E-state index contributed by atoms with van der Waals surface area (Å²) in [6.07, 6.45) is 6.83. The number of hydrogen-bond donors (Lipinski definition) is 1. The predicted octanol–water partition coefficient (Wildman–Crippen LogP) is 3.79. The van der Waals surface area contributed by atoms with Crippen molar-refractivity contribution in [1.82, 2.24) is 24.9 Å². The van der Waals surface area contributed by atoms with Crippen LogP contribution in [0.5, 0.6) is 0 Å². The summed E-state index contributed by atoms with van der Waals surface area (Å²) < 4.78 is 46.5. The van der Waals surface area contributed by atoms with Crippen molar-refractivity contribution < 1.29 is 27.1 Å². The van der Waals surface area contributed by atoms with Crippen LogP contribution in [0.15, 0.2) is 53.4 Å². The quantitative estimate of drug-likeness (QED) is 0.347. The lowest BCUT2D eigenvalue weighted by molar-refractivity contribution is -0.136. The Balaban J connectivity index is 0.865. The summed E-state index contributed by atoms with van der Waals surface area (Å²) in [5, 5.41) is 2.64. The normalized spacial score (nSPS) is 26.2. The van der Waals surface area contributed by atoms with Crippen LogP contribution in [0.2, 0.25) is 0 Å². The fourth-order valence-corrected chi connectivity index (χ4v) is 11.9. The van der Waals surface area contributed by atoms with Crippen LogP contribution in [0, 0.1) is 23.6 Å². The number of ether oxygens (including phenoxy) is 1. The largest absolute Gasteiger partial charge is 0.453 e. The highest BCUT2D eigenvalue weighted by molar-refractivity contribution is 7.92. The van der Waals surface area contributed by atoms with Crippen molar-refractivity contribution in [3.8, 4) is 0 Å². The van der Waals surface area contributed by atoms with Crippen molar-refractivity contribution in [2.75, 3.05) is 90.5 Å². The molecule has 3 atom stereocenters. The Labute approximate surface area is 313 Å². The third-order valence-electron chi connectivity index (χ3n) is 13.4. The van der Waals surface area contributed by atoms with E-state index < -0.39 is 21.2 Å². The molecule has 288 valence electrons. The van der Waals surface area contributed by atoms with E-state index in [-0.39, 0.29) is 42.3 Å². The number of rotatable bonds is 12. The van der Waals surface area contributed by atoms with Crippen LogP contribution in [0.4, 0.5) is 14.9 Å². The van der Waals surface area contributed by atoms with Crippen molar-refractivity contribution >= 4 is 27.5 Å². The summed E-state index contributed by atoms with van der Waals surface area (Å²) in [5.74, 6) is 0.874. The Hall–Kier alpha value is -3.26. The Morgan fingerprint density at radius 1 is 0.868 bits per heavy atom. The van der Waals surface area contributed by atoms with Crippen LogP contribution in [0.1, 0.15) is 50.5 Å². The lowest BCUT2D eigenvalue weighted by Gasteiger charge is -2.59. The number of carbonyl (C=O) groups excluding carboxylic acids is 2. The minimum Gasteiger partial charge on any atom is -0.453 e. The maximum Gasteiger partial charge on any atom is 0.407 e. The molecule has 0 radical (unpaired) electrons. The van der Waals surface area contributed by atoms with E-state index in [9.17, 15) is 22.4 Å². The molecule has 6 aliphatic rings. The van der Waals surface area contributed by atoms with Crippen LogP contribution in [0.3, 0.4) is 0 Å². The van der Waals surface area contributed by atoms with Gasteiger partial charge < -0.3 is 24.8 Å². The summed E-state index contributed by atoms with van der Waals surface area (Å²) >= 11 is 0. The first-order valence-electron chi connectivity index (χ1n) is 19.8. The second-order valence-electron chi connectivity index (χ2n) is 16.4. The molecule has 8 rings (SSSR count). The molecule has 11 nitrogen and oxygen atoms in total. The molecule has 1 N–H and O–H groups in total. The van der Waals surface area contributed by atoms with Gasteiger partial charge in [-0.3, -0.25) is 14.6 Å². The average molecular weight is 751 g/mol. The summed E-state index contributed by atoms with van der Waals surface area (Å²) in [6.45, 7) is 9.70. The molecular formula is C40H55FN6O5S. The van der Waals surface area contributed by atoms with E-state index in [0.717, 1.165) is 115 Å². The van der Waals surface area contributed by atoms with Gasteiger partial charge in [-0.1, -0.05) is 18.6 Å². The SMILES string of the molecule is COC(=O)N[C@H]1CCC[C@@H]1C(c1cccc(F)c1)(C1CCN(CC2CN(c3ccc(S(=O)(=O)C4CN(C(=O)CN5CCC5)C4)cc3)C2)CC1)N1CCC1. The lowest BCUT2D eigenvalue weighted by Crippen LogP contribution is -2.65. The van der Waals surface area contributed by atoms with Crippen molar-refractivity contribution in [1.29, 1.82) is 0 Å². The monoisotopic (exact) mass is 750 g/mol. The zero-order valence-corrected chi connectivity index (χ0v) is 31.8. The van der Waals surface area contributed by atoms with E-state index >= 15 is 0 Å². The second kappa shape index (κ2) is 15.1. The number of amides is 2. The molecule has 6 fully saturated rings. The third kappa shape index (κ3) is 7.07. The van der Waals surface area contributed by atoms with Gasteiger partial charge in [-0.05, 0) is 113 Å². The van der Waals surface area contributed by atoms with E-state index in [0.29, 0.717) is 23.3 Å². The van der Waals surface area contributed by atoms with E-state index in [1.54, 1.807) is 23.1 Å². The van der Waals surface area contributed by atoms with Crippen LogP contribution in [-0.4, -0.2) is 137 Å². The van der Waals surface area contributed by atoms with Gasteiger partial charge in [-0.15, -0.1) is 0 Å². The number of sulfone groups is 1. The molecule has 2 aromatic rings. The average Bonchev–Trinajstić information content (AvgIpc) is 3.53. The van der Waals surface area contributed by atoms with Gasteiger partial charge in [0.1, 0.15) is 11.1 Å². The maximum atomic E-state index is 14.9. The number of methoxy groups -OCH3 is 1. The zero-order chi connectivity index (χ0) is 36.7. The minimum absolute atomic E-state index is 0.0153. The number of nitrogens with zero attached hydrogens (tertiary/aromatic N) is 5. The predicted molar refractivity (Wildman–Crippen MR) is 201 cm³/mol. The molecular weight excluding hydrogens is 696 g/mol. The number of anilines is 1. The molecule has 5 saturated heterocycles. The fourth-order valence-electron chi connectivity index (χ4n) is 10.2. The van der Waals surface area contributed by atoms with E-state index in [2.05, 4.69) is 31.0 Å². The fraction of sp³-hybridized carbons (Fsp3) is 0.650. The highest BCUT2D eigenvalue weighted by Crippen LogP contribution is 2.54. The first-order valence-corrected chi connectivity index (χ1v) is 21.4. The molecule has 1 saturated carbocycles. The molecule has 5 aliphatic heterocycles. The van der Waals surface area contributed by atoms with Crippen LogP contribution >= 0.6 is 0 Å². The number of hydrogen-bond acceptors (Lipinski definition) is 9. The van der Waals surface area contributed by atoms with Crippen LogP contribution in [-0.2, 0) is 24.9 Å². The van der Waals surface area contributed by atoms with Gasteiger partial charge >= 0.3 is 6.09 Å². The number of carbonyl (C=O) groups is 2. The molecule has 5 heterocycles. The lowest BCUT2D eigenvalue weighted by atomic mass is 9.62. The number of piperidine rings is 1. The second-order valence-corrected chi connectivity index (χ2v) is 18.6. The van der Waals surface area contributed by atoms with E-state index in [4.69, 9.17) is 4.74 Å². The molecule has 53 heavy (non-hydrogen) atoms. The van der Waals surface area contributed by atoms with Gasteiger partial charge in [0.25, 0.3) is 0 Å². The first-order chi connectivity index (χ1) is 25.6. The van der Waals surface area contributed by atoms with Gasteiger partial charge in [0.05, 0.1) is 24.1 Å². The standard InChI is InChI=1S/C40H55FN6O5S/c1-52-39(49)42-37-9-3-8-36(37)40(47-18-5-19-47,31-6-2-7-32(41)22-31)30-14-20-44(21-15-30)23-29-24-45(25-29)33-10-12-34(13-11-33)53(50,51)35-26-46(27-35)38(48)28-43-16-4-17-43/h2,6-7,10-13,22,29-30,35-37H,3-5,8-9,14-21,23-28H2,1H3,(H,42,49)/t36-,37-,40?/m0/s1. The third-order valence-corrected chi connectivity index (χ3v) is 15.5. The Morgan fingerprint density at radius 3 is 2.21 bits per heavy atom. The number of alkyl carbamates (subject to hydrolysis) is 1. The molecule has 2 aromatic carbocycles. The molecule has 13 heteroatoms. The van der Waals surface area contributed by atoms with Crippen molar-refractivity contribution in [2.24, 2.45) is 17.8 Å². The van der Waals surface area contributed by atoms with E-state index in [1.165, 1.54) is 13.2 Å². The van der Waals surface area contributed by atoms with Crippen LogP contribution in [0.25, 0.3) is 0 Å². The number of nitrogens with one attached hydrogen (secondary N) is 1. The van der Waals surface area contributed by atoms with Crippen LogP contribution < -0.4 is 10.2 Å². The number of likely N-dealkylation sites (tertiary alicyclic amines) is 4. The van der Waals surface area contributed by atoms with E-state index in [1.807, 2.05) is 18.2 Å². The summed E-state index contributed by atoms with van der Waals surface area (Å²) in [5.41, 5.74) is 1.75. The molecule has 0 aromatic heterocycles. The summed E-state index contributed by atoms with van der Waals surface area (Å²) in [7, 11) is -2.07. The Kier molecular flexibility index (Phi) is 10.5. The van der Waals surface area contributed by atoms with Gasteiger partial charge in [0.2, 0.25) is 5.91 Å². The topological polar surface area (TPSA) is 106 Å². The van der Waals surface area contributed by atoms with Gasteiger partial charge in [-0.25, -0.2) is 17.6 Å². The number of benzene rings is 2. The molecule has 0 bridgehead atoms. The van der Waals surface area contributed by atoms with Gasteiger partial charge in [-0.2, -0.15) is 0 Å². The molecule has 2 amide bonds. The van der Waals surface area contributed by atoms with Gasteiger partial charge in [0, 0.05) is 69.4 Å².